The summed E-state index contributed by atoms with van der Waals surface area (Å²) in [6.07, 6.45) is 2.24. The summed E-state index contributed by atoms with van der Waals surface area (Å²) in [5.41, 5.74) is 0. The lowest BCUT2D eigenvalue weighted by atomic mass is 10.2. The lowest BCUT2D eigenvalue weighted by Gasteiger charge is -2.28. The van der Waals surface area contributed by atoms with E-state index in [9.17, 15) is 4.57 Å². The van der Waals surface area contributed by atoms with Gasteiger partial charge in [-0.3, -0.25) is 0 Å². The molecule has 60 valence electrons. The molecule has 0 aromatic rings. The monoisotopic (exact) mass is 161 g/mol. The number of rotatable bonds is 1. The van der Waals surface area contributed by atoms with Gasteiger partial charge in [0.2, 0.25) is 0 Å². The normalized spacial score (nSPS) is 34.7. The van der Waals surface area contributed by atoms with Crippen LogP contribution < -0.4 is 5.32 Å². The number of nitrogens with one attached hydrogen (secondary N) is 1. The predicted octanol–water partition coefficient (Wildman–Crippen LogP) is 1.71. The van der Waals surface area contributed by atoms with E-state index in [1.807, 2.05) is 13.3 Å². The fraction of sp³-hybridized carbons (Fsp3) is 1.00. The number of hydrogen-bond donors (Lipinski definition) is 1. The predicted molar refractivity (Wildman–Crippen MR) is 45.1 cm³/mol. The van der Waals surface area contributed by atoms with E-state index in [2.05, 4.69) is 12.2 Å². The molecule has 1 rings (SSSR count). The molecule has 0 aromatic carbocycles. The topological polar surface area (TPSA) is 29.1 Å². The smallest absolute Gasteiger partial charge is 0.101 e. The minimum atomic E-state index is -1.94. The average molecular weight is 161 g/mol. The van der Waals surface area contributed by atoms with Crippen LogP contribution in [-0.4, -0.2) is 25.2 Å². The first-order valence-electron chi connectivity index (χ1n) is 3.76. The minimum Gasteiger partial charge on any atom is -0.322 e. The molecule has 2 nitrogen and oxygen atoms in total. The fourth-order valence-corrected chi connectivity index (χ4v) is 2.53. The SMILES string of the molecule is CC1(P(C)(C)=O)CCCN1. The van der Waals surface area contributed by atoms with Crippen LogP contribution in [0.2, 0.25) is 0 Å². The molecule has 1 fully saturated rings. The van der Waals surface area contributed by atoms with Gasteiger partial charge in [-0.1, -0.05) is 0 Å². The molecule has 0 aromatic heterocycles. The van der Waals surface area contributed by atoms with Crippen molar-refractivity contribution in [3.8, 4) is 0 Å². The van der Waals surface area contributed by atoms with Gasteiger partial charge in [0.1, 0.15) is 7.14 Å². The highest BCUT2D eigenvalue weighted by Crippen LogP contribution is 2.53. The maximum atomic E-state index is 11.7. The van der Waals surface area contributed by atoms with Crippen LogP contribution in [0.4, 0.5) is 0 Å². The first-order chi connectivity index (χ1) is 4.46. The van der Waals surface area contributed by atoms with Crippen LogP contribution >= 0.6 is 7.14 Å². The molecule has 1 heterocycles. The van der Waals surface area contributed by atoms with Crippen molar-refractivity contribution in [1.29, 1.82) is 0 Å². The van der Waals surface area contributed by atoms with Gasteiger partial charge in [-0.05, 0) is 39.6 Å². The summed E-state index contributed by atoms with van der Waals surface area (Å²) >= 11 is 0. The Hall–Kier alpha value is 0.190. The minimum absolute atomic E-state index is 0.0625. The Morgan fingerprint density at radius 1 is 1.50 bits per heavy atom. The van der Waals surface area contributed by atoms with Crippen LogP contribution in [0.3, 0.4) is 0 Å². The van der Waals surface area contributed by atoms with E-state index >= 15 is 0 Å². The first-order valence-corrected chi connectivity index (χ1v) is 6.36. The van der Waals surface area contributed by atoms with Crippen LogP contribution in [0.1, 0.15) is 19.8 Å². The molecule has 0 amide bonds. The molecule has 10 heavy (non-hydrogen) atoms. The van der Waals surface area contributed by atoms with Crippen LogP contribution in [0.5, 0.6) is 0 Å². The zero-order valence-electron chi connectivity index (χ0n) is 6.98. The zero-order valence-corrected chi connectivity index (χ0v) is 7.87. The van der Waals surface area contributed by atoms with Gasteiger partial charge in [0, 0.05) is 0 Å². The van der Waals surface area contributed by atoms with E-state index in [4.69, 9.17) is 0 Å². The highest BCUT2D eigenvalue weighted by atomic mass is 31.2. The summed E-state index contributed by atoms with van der Waals surface area (Å²) in [7, 11) is -1.94. The van der Waals surface area contributed by atoms with Crippen molar-refractivity contribution in [3.05, 3.63) is 0 Å². The van der Waals surface area contributed by atoms with E-state index in [1.54, 1.807) is 0 Å². The van der Waals surface area contributed by atoms with Crippen LogP contribution in [0.25, 0.3) is 0 Å². The summed E-state index contributed by atoms with van der Waals surface area (Å²) in [4.78, 5) is 0. The Bertz CT molecular complexity index is 166. The van der Waals surface area contributed by atoms with Crippen molar-refractivity contribution in [3.63, 3.8) is 0 Å². The summed E-state index contributed by atoms with van der Waals surface area (Å²) < 4.78 is 11.7. The van der Waals surface area contributed by atoms with Gasteiger partial charge in [-0.15, -0.1) is 0 Å². The van der Waals surface area contributed by atoms with Crippen molar-refractivity contribution in [2.45, 2.75) is 25.0 Å². The molecule has 0 bridgehead atoms. The second kappa shape index (κ2) is 2.35. The molecule has 1 atom stereocenters. The number of hydrogen-bond acceptors (Lipinski definition) is 2. The summed E-state index contributed by atoms with van der Waals surface area (Å²) in [5.74, 6) is 0. The van der Waals surface area contributed by atoms with E-state index in [0.717, 1.165) is 13.0 Å². The van der Waals surface area contributed by atoms with E-state index in [-0.39, 0.29) is 5.28 Å². The largest absolute Gasteiger partial charge is 0.322 e. The molecule has 1 N–H and O–H groups in total. The third-order valence-electron chi connectivity index (χ3n) is 2.53. The third kappa shape index (κ3) is 1.28. The first kappa shape index (κ1) is 8.29. The lowest BCUT2D eigenvalue weighted by Crippen LogP contribution is -2.35. The molecule has 1 saturated heterocycles. The molecule has 0 saturated carbocycles. The molecule has 0 spiro atoms. The van der Waals surface area contributed by atoms with Gasteiger partial charge in [-0.2, -0.15) is 0 Å². The molecule has 0 radical (unpaired) electrons. The summed E-state index contributed by atoms with van der Waals surface area (Å²) in [6.45, 7) is 6.83. The third-order valence-corrected chi connectivity index (χ3v) is 5.29. The van der Waals surface area contributed by atoms with Gasteiger partial charge in [-0.25, -0.2) is 0 Å². The van der Waals surface area contributed by atoms with Gasteiger partial charge in [0.25, 0.3) is 0 Å². The summed E-state index contributed by atoms with van der Waals surface area (Å²) in [6, 6.07) is 0. The van der Waals surface area contributed by atoms with Crippen molar-refractivity contribution >= 4 is 7.14 Å². The molecule has 1 aliphatic heterocycles. The van der Waals surface area contributed by atoms with E-state index in [1.165, 1.54) is 6.42 Å². The fourth-order valence-electron chi connectivity index (χ4n) is 1.34. The van der Waals surface area contributed by atoms with E-state index < -0.39 is 7.14 Å². The second-order valence-electron chi connectivity index (χ2n) is 3.66. The molecule has 0 aliphatic carbocycles. The van der Waals surface area contributed by atoms with Gasteiger partial charge in [0.05, 0.1) is 5.28 Å². The Morgan fingerprint density at radius 2 is 2.10 bits per heavy atom. The van der Waals surface area contributed by atoms with Crippen LogP contribution in [0, 0.1) is 0 Å². The Kier molecular flexibility index (Phi) is 1.95. The Balaban J connectivity index is 2.78. The van der Waals surface area contributed by atoms with Gasteiger partial charge >= 0.3 is 0 Å². The molecule has 1 unspecified atom stereocenters. The summed E-state index contributed by atoms with van der Waals surface area (Å²) in [5, 5.41) is 3.25. The van der Waals surface area contributed by atoms with E-state index in [0.29, 0.717) is 0 Å². The quantitative estimate of drug-likeness (QED) is 0.593. The van der Waals surface area contributed by atoms with Crippen LogP contribution in [0.15, 0.2) is 0 Å². The second-order valence-corrected chi connectivity index (χ2v) is 7.34. The van der Waals surface area contributed by atoms with Crippen molar-refractivity contribution in [2.24, 2.45) is 0 Å². The molecular weight excluding hydrogens is 145 g/mol. The lowest BCUT2D eigenvalue weighted by molar-refractivity contribution is 0.511. The maximum absolute atomic E-state index is 11.7. The maximum Gasteiger partial charge on any atom is 0.101 e. The Morgan fingerprint density at radius 3 is 2.30 bits per heavy atom. The highest BCUT2D eigenvalue weighted by Gasteiger charge is 2.38. The average Bonchev–Trinajstić information content (AvgIpc) is 2.13. The van der Waals surface area contributed by atoms with Crippen molar-refractivity contribution in [1.82, 2.24) is 5.32 Å². The van der Waals surface area contributed by atoms with Crippen molar-refractivity contribution < 1.29 is 4.57 Å². The van der Waals surface area contributed by atoms with Crippen LogP contribution in [-0.2, 0) is 4.57 Å². The molecule has 1 aliphatic rings. The van der Waals surface area contributed by atoms with Crippen molar-refractivity contribution in [2.75, 3.05) is 19.9 Å². The van der Waals surface area contributed by atoms with Gasteiger partial charge < -0.3 is 9.88 Å². The Labute approximate surface area is 62.8 Å². The zero-order chi connectivity index (χ0) is 7.83. The highest BCUT2D eigenvalue weighted by molar-refractivity contribution is 7.63. The standard InChI is InChI=1S/C7H16NOP/c1-7(10(2,3)9)5-4-6-8-7/h8H,4-6H2,1-3H3. The molecular formula is C7H16NOP. The molecule has 3 heteroatoms. The van der Waals surface area contributed by atoms with Gasteiger partial charge in [0.15, 0.2) is 0 Å².